The van der Waals surface area contributed by atoms with Gasteiger partial charge in [0.25, 0.3) is 0 Å². The van der Waals surface area contributed by atoms with Crippen LogP contribution in [0.4, 0.5) is 0 Å². The van der Waals surface area contributed by atoms with E-state index in [0.717, 1.165) is 0 Å². The molecule has 8 nitrogen and oxygen atoms in total. The second-order valence-corrected chi connectivity index (χ2v) is 5.28. The Morgan fingerprint density at radius 1 is 1.37 bits per heavy atom. The van der Waals surface area contributed by atoms with Crippen molar-refractivity contribution < 1.29 is 27.4 Å². The summed E-state index contributed by atoms with van der Waals surface area (Å²) < 4.78 is 27.7. The largest absolute Gasteiger partial charge is 0.476 e. The van der Waals surface area contributed by atoms with Crippen molar-refractivity contribution in [2.45, 2.75) is 12.5 Å². The first-order valence-corrected chi connectivity index (χ1v) is 6.73. The molecule has 1 atom stereocenters. The van der Waals surface area contributed by atoms with Crippen molar-refractivity contribution in [3.8, 4) is 5.75 Å². The monoisotopic (exact) mass is 289 g/mol. The number of hydrogen-bond acceptors (Lipinski definition) is 6. The topological polar surface area (TPSA) is 124 Å². The number of rotatable bonds is 7. The second-order valence-electron chi connectivity index (χ2n) is 3.59. The first-order valence-electron chi connectivity index (χ1n) is 5.15. The highest BCUT2D eigenvalue weighted by Gasteiger charge is 2.31. The predicted molar refractivity (Wildman–Crippen MR) is 63.9 cm³/mol. The number of nitro groups is 1. The summed E-state index contributed by atoms with van der Waals surface area (Å²) in [7, 11) is -4.06. The van der Waals surface area contributed by atoms with Gasteiger partial charge in [-0.25, -0.2) is 4.79 Å². The Labute approximate surface area is 108 Å². The molecule has 0 bridgehead atoms. The van der Waals surface area contributed by atoms with E-state index in [1.165, 1.54) is 12.1 Å². The van der Waals surface area contributed by atoms with E-state index in [1.807, 2.05) is 0 Å². The standard InChI is InChI=1S/C10H11NO7S/c12-10(13)9(11(14)15)6-7-19(16,17)18-8-4-2-1-3-5-8/h1-5,9H,6-7H2,(H,12,13). The van der Waals surface area contributed by atoms with Gasteiger partial charge in [0.1, 0.15) is 5.75 Å². The molecule has 0 radical (unpaired) electrons. The van der Waals surface area contributed by atoms with E-state index in [2.05, 4.69) is 4.18 Å². The van der Waals surface area contributed by atoms with Crippen molar-refractivity contribution in [2.75, 3.05) is 5.75 Å². The molecule has 1 aromatic carbocycles. The minimum Gasteiger partial charge on any atom is -0.476 e. The lowest BCUT2D eigenvalue weighted by atomic mass is 10.2. The third-order valence-electron chi connectivity index (χ3n) is 2.15. The number of carboxylic acid groups (broad SMARTS) is 1. The number of aliphatic carboxylic acids is 1. The summed E-state index contributed by atoms with van der Waals surface area (Å²) in [6.07, 6.45) is -0.655. The van der Waals surface area contributed by atoms with Crippen LogP contribution >= 0.6 is 0 Å². The van der Waals surface area contributed by atoms with Crippen LogP contribution in [-0.2, 0) is 14.9 Å². The van der Waals surface area contributed by atoms with Gasteiger partial charge in [0.15, 0.2) is 0 Å². The maximum atomic E-state index is 11.5. The molecule has 19 heavy (non-hydrogen) atoms. The van der Waals surface area contributed by atoms with Crippen molar-refractivity contribution in [1.82, 2.24) is 0 Å². The average molecular weight is 289 g/mol. The van der Waals surface area contributed by atoms with Crippen LogP contribution in [0, 0.1) is 10.1 Å². The quantitative estimate of drug-likeness (QED) is 0.440. The molecule has 0 fully saturated rings. The molecule has 1 N–H and O–H groups in total. The lowest BCUT2D eigenvalue weighted by Gasteiger charge is -2.07. The third-order valence-corrected chi connectivity index (χ3v) is 3.33. The van der Waals surface area contributed by atoms with E-state index in [-0.39, 0.29) is 5.75 Å². The number of nitrogens with zero attached hydrogens (tertiary/aromatic N) is 1. The smallest absolute Gasteiger partial charge is 0.379 e. The number of hydrogen-bond donors (Lipinski definition) is 1. The summed E-state index contributed by atoms with van der Waals surface area (Å²) in [5.41, 5.74) is 0. The van der Waals surface area contributed by atoms with Gasteiger partial charge in [0, 0.05) is 11.3 Å². The van der Waals surface area contributed by atoms with Gasteiger partial charge in [-0.2, -0.15) is 8.42 Å². The number of para-hydroxylation sites is 1. The predicted octanol–water partition coefficient (Wildman–Crippen LogP) is 0.515. The van der Waals surface area contributed by atoms with Crippen LogP contribution < -0.4 is 4.18 Å². The molecule has 0 saturated heterocycles. The fraction of sp³-hybridized carbons (Fsp3) is 0.300. The minimum atomic E-state index is -4.06. The number of carbonyl (C=O) groups is 1. The van der Waals surface area contributed by atoms with Crippen molar-refractivity contribution in [2.24, 2.45) is 0 Å². The molecule has 0 aliphatic rings. The Kier molecular flexibility index (Phi) is 4.81. The Balaban J connectivity index is 2.65. The molecule has 1 unspecified atom stereocenters. The highest BCUT2D eigenvalue weighted by Crippen LogP contribution is 2.13. The van der Waals surface area contributed by atoms with Crippen LogP contribution in [0.15, 0.2) is 30.3 Å². The zero-order valence-electron chi connectivity index (χ0n) is 9.63. The van der Waals surface area contributed by atoms with Gasteiger partial charge in [0.2, 0.25) is 0 Å². The summed E-state index contributed by atoms with van der Waals surface area (Å²) >= 11 is 0. The fourth-order valence-electron chi connectivity index (χ4n) is 1.24. The van der Waals surface area contributed by atoms with Crippen LogP contribution in [0.3, 0.4) is 0 Å². The molecule has 1 rings (SSSR count). The normalized spacial score (nSPS) is 12.6. The van der Waals surface area contributed by atoms with Crippen LogP contribution in [0.1, 0.15) is 6.42 Å². The van der Waals surface area contributed by atoms with Gasteiger partial charge in [-0.15, -0.1) is 0 Å². The zero-order chi connectivity index (χ0) is 14.5. The van der Waals surface area contributed by atoms with Gasteiger partial charge in [0.05, 0.1) is 5.75 Å². The van der Waals surface area contributed by atoms with E-state index in [1.54, 1.807) is 18.2 Å². The van der Waals surface area contributed by atoms with Gasteiger partial charge in [-0.05, 0) is 12.1 Å². The molecule has 0 aromatic heterocycles. The van der Waals surface area contributed by atoms with Crippen LogP contribution in [0.5, 0.6) is 5.75 Å². The Morgan fingerprint density at radius 2 is 1.95 bits per heavy atom. The molecule has 0 aliphatic heterocycles. The van der Waals surface area contributed by atoms with Crippen molar-refractivity contribution >= 4 is 16.1 Å². The van der Waals surface area contributed by atoms with Crippen molar-refractivity contribution in [3.63, 3.8) is 0 Å². The Morgan fingerprint density at radius 3 is 2.42 bits per heavy atom. The van der Waals surface area contributed by atoms with Crippen molar-refractivity contribution in [1.29, 1.82) is 0 Å². The number of carboxylic acids is 1. The van der Waals surface area contributed by atoms with E-state index in [0.29, 0.717) is 0 Å². The minimum absolute atomic E-state index is 0.0653. The SMILES string of the molecule is O=C(O)C(CCS(=O)(=O)Oc1ccccc1)[N+](=O)[O-]. The molecule has 0 amide bonds. The summed E-state index contributed by atoms with van der Waals surface area (Å²) in [5.74, 6) is -2.37. The molecule has 0 aliphatic carbocycles. The third kappa shape index (κ3) is 4.92. The van der Waals surface area contributed by atoms with Crippen LogP contribution in [0.2, 0.25) is 0 Å². The Bertz CT molecular complexity index is 541. The summed E-state index contributed by atoms with van der Waals surface area (Å²) in [4.78, 5) is 19.9. The van der Waals surface area contributed by atoms with E-state index in [9.17, 15) is 23.3 Å². The fourth-order valence-corrected chi connectivity index (χ4v) is 2.24. The molecule has 104 valence electrons. The van der Waals surface area contributed by atoms with Crippen molar-refractivity contribution in [3.05, 3.63) is 40.4 Å². The van der Waals surface area contributed by atoms with Gasteiger partial charge in [-0.3, -0.25) is 10.1 Å². The maximum absolute atomic E-state index is 11.5. The van der Waals surface area contributed by atoms with Crippen LogP contribution in [0.25, 0.3) is 0 Å². The molecular weight excluding hydrogens is 278 g/mol. The Hall–Kier alpha value is -2.16. The molecule has 0 heterocycles. The van der Waals surface area contributed by atoms with Gasteiger partial charge >= 0.3 is 22.1 Å². The molecule has 0 spiro atoms. The average Bonchev–Trinajstić information content (AvgIpc) is 2.28. The lowest BCUT2D eigenvalue weighted by Crippen LogP contribution is -2.32. The molecule has 9 heteroatoms. The second kappa shape index (κ2) is 6.14. The molecule has 0 saturated carbocycles. The first-order chi connectivity index (χ1) is 8.82. The molecule has 1 aromatic rings. The van der Waals surface area contributed by atoms with Crippen LogP contribution in [-0.4, -0.2) is 36.2 Å². The van der Waals surface area contributed by atoms with Gasteiger partial charge < -0.3 is 9.29 Å². The number of benzene rings is 1. The van der Waals surface area contributed by atoms with E-state index in [4.69, 9.17) is 5.11 Å². The zero-order valence-corrected chi connectivity index (χ0v) is 10.4. The summed E-state index contributed by atoms with van der Waals surface area (Å²) in [6, 6.07) is 5.62. The van der Waals surface area contributed by atoms with E-state index >= 15 is 0 Å². The summed E-state index contributed by atoms with van der Waals surface area (Å²) in [5, 5.41) is 19.0. The summed E-state index contributed by atoms with van der Waals surface area (Å²) in [6.45, 7) is 0. The molecular formula is C10H11NO7S. The highest BCUT2D eigenvalue weighted by atomic mass is 32.2. The lowest BCUT2D eigenvalue weighted by molar-refractivity contribution is -0.510. The van der Waals surface area contributed by atoms with E-state index < -0.39 is 39.2 Å². The maximum Gasteiger partial charge on any atom is 0.379 e. The first kappa shape index (κ1) is 14.9. The van der Waals surface area contributed by atoms with Gasteiger partial charge in [-0.1, -0.05) is 18.2 Å². The highest BCUT2D eigenvalue weighted by molar-refractivity contribution is 7.87.